The minimum Gasteiger partial charge on any atom is -0.317 e. The fraction of sp³-hybridized carbons (Fsp3) is 0.300. The van der Waals surface area contributed by atoms with Crippen molar-refractivity contribution in [3.05, 3.63) is 34.3 Å². The molecule has 0 bridgehead atoms. The fourth-order valence-electron chi connectivity index (χ4n) is 1.44. The average molecular weight is 254 g/mol. The Bertz CT molecular complexity index is 354. The number of halogens is 1. The number of carbonyl (C=O) groups is 1. The number of nitrogens with zero attached hydrogens (tertiary/aromatic N) is 2. The molecule has 1 aromatic rings. The molecule has 1 fully saturated rings. The maximum Gasteiger partial charge on any atom is 0.339 e. The van der Waals surface area contributed by atoms with Crippen LogP contribution < -0.4 is 5.32 Å². The molecule has 14 heavy (non-hydrogen) atoms. The monoisotopic (exact) mass is 253 g/mol. The Morgan fingerprint density at radius 2 is 2.21 bits per heavy atom. The maximum atomic E-state index is 11.2. The molecule has 0 saturated carbocycles. The van der Waals surface area contributed by atoms with Gasteiger partial charge in [0, 0.05) is 17.6 Å². The molecule has 1 saturated heterocycles. The highest BCUT2D eigenvalue weighted by Crippen LogP contribution is 2.18. The van der Waals surface area contributed by atoms with Crippen molar-refractivity contribution in [1.29, 1.82) is 0 Å². The Kier molecular flexibility index (Phi) is 2.72. The van der Waals surface area contributed by atoms with Crippen LogP contribution in [0.15, 0.2) is 28.7 Å². The second kappa shape index (κ2) is 4.00. The molecule has 73 valence electrons. The molecule has 2 amide bonds. The zero-order valence-electron chi connectivity index (χ0n) is 7.61. The number of benzene rings is 1. The van der Waals surface area contributed by atoms with Gasteiger partial charge in [-0.1, -0.05) is 34.1 Å². The van der Waals surface area contributed by atoms with Crippen molar-refractivity contribution < 1.29 is 4.79 Å². The molecular formula is C10H10BrN2O. The topological polar surface area (TPSA) is 34.4 Å². The minimum absolute atomic E-state index is 0.0965. The van der Waals surface area contributed by atoms with Gasteiger partial charge in [-0.15, -0.1) is 0 Å². The first-order valence-electron chi connectivity index (χ1n) is 4.47. The summed E-state index contributed by atoms with van der Waals surface area (Å²) < 4.78 is 1.04. The van der Waals surface area contributed by atoms with Crippen molar-refractivity contribution in [3.8, 4) is 0 Å². The third kappa shape index (κ3) is 1.90. The highest BCUT2D eigenvalue weighted by Gasteiger charge is 2.21. The Morgan fingerprint density at radius 1 is 1.43 bits per heavy atom. The first kappa shape index (κ1) is 9.52. The molecule has 1 aliphatic rings. The standard InChI is InChI=1S/C10H10BrN2O/c11-9-4-2-1-3-8(9)7-13-6-5-12-10(13)14/h1-4H,5-7H2. The first-order chi connectivity index (χ1) is 6.77. The smallest absolute Gasteiger partial charge is 0.317 e. The largest absolute Gasteiger partial charge is 0.339 e. The van der Waals surface area contributed by atoms with E-state index >= 15 is 0 Å². The molecule has 1 radical (unpaired) electrons. The van der Waals surface area contributed by atoms with Gasteiger partial charge in [-0.25, -0.2) is 10.1 Å². The molecule has 0 N–H and O–H groups in total. The zero-order valence-corrected chi connectivity index (χ0v) is 9.20. The summed E-state index contributed by atoms with van der Waals surface area (Å²) in [7, 11) is 0. The van der Waals surface area contributed by atoms with Crippen molar-refractivity contribution in [2.24, 2.45) is 0 Å². The molecule has 2 rings (SSSR count). The van der Waals surface area contributed by atoms with Crippen LogP contribution in [0.25, 0.3) is 0 Å². The van der Waals surface area contributed by atoms with Crippen molar-refractivity contribution >= 4 is 22.0 Å². The Labute approximate surface area is 91.2 Å². The second-order valence-electron chi connectivity index (χ2n) is 3.18. The summed E-state index contributed by atoms with van der Waals surface area (Å²) in [6.07, 6.45) is 0. The van der Waals surface area contributed by atoms with Crippen LogP contribution in [0.4, 0.5) is 4.79 Å². The van der Waals surface area contributed by atoms with Crippen LogP contribution in [-0.4, -0.2) is 24.0 Å². The molecule has 4 heteroatoms. The summed E-state index contributed by atoms with van der Waals surface area (Å²) >= 11 is 3.45. The van der Waals surface area contributed by atoms with Crippen LogP contribution in [0, 0.1) is 0 Å². The SMILES string of the molecule is O=C1[N]CCN1Cc1ccccc1Br. The van der Waals surface area contributed by atoms with E-state index in [1.807, 2.05) is 24.3 Å². The van der Waals surface area contributed by atoms with Crippen LogP contribution in [0.5, 0.6) is 0 Å². The van der Waals surface area contributed by atoms with E-state index in [-0.39, 0.29) is 6.03 Å². The van der Waals surface area contributed by atoms with Gasteiger partial charge in [-0.05, 0) is 11.6 Å². The lowest BCUT2D eigenvalue weighted by atomic mass is 10.2. The lowest BCUT2D eigenvalue weighted by molar-refractivity contribution is 0.215. The molecule has 0 spiro atoms. The van der Waals surface area contributed by atoms with E-state index in [0.717, 1.165) is 16.6 Å². The lowest BCUT2D eigenvalue weighted by Crippen LogP contribution is -2.25. The molecule has 0 unspecified atom stereocenters. The van der Waals surface area contributed by atoms with Gasteiger partial charge in [-0.2, -0.15) is 0 Å². The molecule has 0 aromatic heterocycles. The normalized spacial score (nSPS) is 15.8. The molecule has 0 aliphatic carbocycles. The second-order valence-corrected chi connectivity index (χ2v) is 4.03. The quantitative estimate of drug-likeness (QED) is 0.794. The number of amides is 2. The summed E-state index contributed by atoms with van der Waals surface area (Å²) in [4.78, 5) is 13.0. The van der Waals surface area contributed by atoms with E-state index in [1.54, 1.807) is 4.90 Å². The Morgan fingerprint density at radius 3 is 2.86 bits per heavy atom. The van der Waals surface area contributed by atoms with E-state index in [2.05, 4.69) is 21.2 Å². The van der Waals surface area contributed by atoms with Crippen molar-refractivity contribution in [1.82, 2.24) is 10.2 Å². The van der Waals surface area contributed by atoms with Crippen molar-refractivity contribution in [2.45, 2.75) is 6.54 Å². The Hall–Kier alpha value is -1.03. The molecular weight excluding hydrogens is 244 g/mol. The maximum absolute atomic E-state index is 11.2. The molecule has 0 atom stereocenters. The molecule has 1 heterocycles. The number of carbonyl (C=O) groups excluding carboxylic acids is 1. The summed E-state index contributed by atoms with van der Waals surface area (Å²) in [5.74, 6) is 0. The van der Waals surface area contributed by atoms with Gasteiger partial charge in [0.25, 0.3) is 0 Å². The predicted octanol–water partition coefficient (Wildman–Crippen LogP) is 1.99. The fourth-order valence-corrected chi connectivity index (χ4v) is 1.85. The molecule has 1 aromatic carbocycles. The van der Waals surface area contributed by atoms with E-state index in [9.17, 15) is 4.79 Å². The zero-order chi connectivity index (χ0) is 9.97. The van der Waals surface area contributed by atoms with Crippen LogP contribution in [0.2, 0.25) is 0 Å². The van der Waals surface area contributed by atoms with Gasteiger partial charge in [0.1, 0.15) is 0 Å². The molecule has 1 aliphatic heterocycles. The van der Waals surface area contributed by atoms with Gasteiger partial charge in [0.2, 0.25) is 0 Å². The number of urea groups is 1. The number of hydrogen-bond acceptors (Lipinski definition) is 1. The highest BCUT2D eigenvalue weighted by atomic mass is 79.9. The third-order valence-corrected chi connectivity index (χ3v) is 2.98. The van der Waals surface area contributed by atoms with Crippen molar-refractivity contribution in [3.63, 3.8) is 0 Å². The van der Waals surface area contributed by atoms with Gasteiger partial charge in [-0.3, -0.25) is 0 Å². The van der Waals surface area contributed by atoms with Gasteiger partial charge in [0.05, 0.1) is 6.54 Å². The van der Waals surface area contributed by atoms with Crippen LogP contribution in [-0.2, 0) is 6.54 Å². The number of hydrogen-bond donors (Lipinski definition) is 0. The van der Waals surface area contributed by atoms with Gasteiger partial charge < -0.3 is 4.90 Å². The predicted molar refractivity (Wildman–Crippen MR) is 56.9 cm³/mol. The summed E-state index contributed by atoms with van der Waals surface area (Å²) in [6.45, 7) is 2.01. The summed E-state index contributed by atoms with van der Waals surface area (Å²) in [5.41, 5.74) is 1.12. The average Bonchev–Trinajstić information content (AvgIpc) is 2.56. The number of rotatable bonds is 2. The highest BCUT2D eigenvalue weighted by molar-refractivity contribution is 9.10. The van der Waals surface area contributed by atoms with Crippen LogP contribution in [0.3, 0.4) is 0 Å². The summed E-state index contributed by atoms with van der Waals surface area (Å²) in [6, 6.07) is 7.82. The summed E-state index contributed by atoms with van der Waals surface area (Å²) in [5, 5.41) is 3.82. The first-order valence-corrected chi connectivity index (χ1v) is 5.26. The molecule has 3 nitrogen and oxygen atoms in total. The van der Waals surface area contributed by atoms with Gasteiger partial charge >= 0.3 is 6.03 Å². The third-order valence-electron chi connectivity index (χ3n) is 2.21. The van der Waals surface area contributed by atoms with E-state index < -0.39 is 0 Å². The van der Waals surface area contributed by atoms with Gasteiger partial charge in [0.15, 0.2) is 0 Å². The van der Waals surface area contributed by atoms with E-state index in [0.29, 0.717) is 13.1 Å². The minimum atomic E-state index is -0.0965. The van der Waals surface area contributed by atoms with Crippen molar-refractivity contribution in [2.75, 3.05) is 13.1 Å². The lowest BCUT2D eigenvalue weighted by Gasteiger charge is -2.14. The van der Waals surface area contributed by atoms with E-state index in [4.69, 9.17) is 0 Å². The van der Waals surface area contributed by atoms with E-state index in [1.165, 1.54) is 0 Å². The van der Waals surface area contributed by atoms with Crippen LogP contribution in [0.1, 0.15) is 5.56 Å². The van der Waals surface area contributed by atoms with Crippen LogP contribution >= 0.6 is 15.9 Å². The Balaban J connectivity index is 2.10.